The van der Waals surface area contributed by atoms with Crippen LogP contribution in [0, 0.1) is 0 Å². The zero-order chi connectivity index (χ0) is 8.43. The van der Waals surface area contributed by atoms with Gasteiger partial charge in [-0.25, -0.2) is 4.79 Å². The Morgan fingerprint density at radius 1 is 1.45 bits per heavy atom. The minimum atomic E-state index is -1.15. The van der Waals surface area contributed by atoms with Crippen LogP contribution in [-0.2, 0) is 0 Å². The third-order valence-electron chi connectivity index (χ3n) is 0.961. The van der Waals surface area contributed by atoms with Crippen molar-refractivity contribution >= 4 is 17.0 Å². The molecule has 1 rings (SSSR count). The Kier molecular flexibility index (Phi) is 1.91. The number of nitrogens with zero attached hydrogens (tertiary/aromatic N) is 1. The first-order valence-electron chi connectivity index (χ1n) is 2.58. The van der Waals surface area contributed by atoms with Gasteiger partial charge in [-0.3, -0.25) is 0 Å². The molecule has 0 spiro atoms. The lowest BCUT2D eigenvalue weighted by molar-refractivity contribution is 0.130. The lowest BCUT2D eigenvalue weighted by Crippen LogP contribution is -2.11. The molecule has 0 aliphatic carbocycles. The van der Waals surface area contributed by atoms with Crippen LogP contribution in [0.25, 0.3) is 0 Å². The van der Waals surface area contributed by atoms with E-state index in [9.17, 15) is 4.79 Å². The Balaban J connectivity index is 2.92. The van der Waals surface area contributed by atoms with E-state index in [1.807, 2.05) is 0 Å². The number of aromatic hydroxyl groups is 2. The molecule has 0 bridgehead atoms. The fourth-order valence-corrected chi connectivity index (χ4v) is 0.636. The molecule has 0 radical (unpaired) electrons. The molecule has 0 saturated carbocycles. The Hall–Kier alpha value is -1.36. The quantitative estimate of drug-likeness (QED) is 0.619. The van der Waals surface area contributed by atoms with E-state index in [1.54, 1.807) is 0 Å². The van der Waals surface area contributed by atoms with Gasteiger partial charge < -0.3 is 15.1 Å². The van der Waals surface area contributed by atoms with Gasteiger partial charge >= 0.3 is 5.43 Å². The number of hydrogen-bond donors (Lipinski definition) is 2. The van der Waals surface area contributed by atoms with Gasteiger partial charge in [-0.2, -0.15) is 0 Å². The van der Waals surface area contributed by atoms with Crippen LogP contribution in [0.15, 0.2) is 12.1 Å². The Morgan fingerprint density at radius 3 is 2.27 bits per heavy atom. The van der Waals surface area contributed by atoms with E-state index >= 15 is 0 Å². The zero-order valence-electron chi connectivity index (χ0n) is 5.19. The maximum Gasteiger partial charge on any atom is 0.428 e. The second-order valence-corrected chi connectivity index (χ2v) is 1.98. The summed E-state index contributed by atoms with van der Waals surface area (Å²) in [6.45, 7) is 0. The highest BCUT2D eigenvalue weighted by Gasteiger charge is 2.08. The van der Waals surface area contributed by atoms with Crippen LogP contribution < -0.4 is 4.84 Å². The van der Waals surface area contributed by atoms with E-state index in [4.69, 9.17) is 21.8 Å². The second-order valence-electron chi connectivity index (χ2n) is 1.67. The second kappa shape index (κ2) is 2.71. The van der Waals surface area contributed by atoms with E-state index in [0.717, 1.165) is 12.1 Å². The van der Waals surface area contributed by atoms with Crippen LogP contribution in [0.2, 0.25) is 0 Å². The summed E-state index contributed by atoms with van der Waals surface area (Å²) < 4.78 is 0.495. The first-order valence-corrected chi connectivity index (χ1v) is 2.96. The van der Waals surface area contributed by atoms with E-state index in [-0.39, 0.29) is 0 Å². The molecule has 0 aliphatic rings. The molecule has 0 fully saturated rings. The van der Waals surface area contributed by atoms with Gasteiger partial charge in [-0.15, -0.1) is 4.73 Å². The Bertz CT molecular complexity index is 263. The van der Waals surface area contributed by atoms with Crippen LogP contribution in [0.3, 0.4) is 0 Å². The van der Waals surface area contributed by atoms with Crippen LogP contribution >= 0.6 is 11.6 Å². The fourth-order valence-electron chi connectivity index (χ4n) is 0.567. The van der Waals surface area contributed by atoms with Crippen molar-refractivity contribution in [1.82, 2.24) is 4.73 Å². The maximum atomic E-state index is 10.1. The SMILES string of the molecule is O=C(Cl)On1c(O)ccc1O. The van der Waals surface area contributed by atoms with E-state index in [0.29, 0.717) is 4.73 Å². The normalized spacial score (nSPS) is 9.55. The number of hydrogen-bond acceptors (Lipinski definition) is 4. The largest absolute Gasteiger partial charge is 0.492 e. The van der Waals surface area contributed by atoms with Gasteiger partial charge in [0.25, 0.3) is 0 Å². The minimum Gasteiger partial charge on any atom is -0.492 e. The Labute approximate surface area is 66.3 Å². The molecule has 0 atom stereocenters. The van der Waals surface area contributed by atoms with E-state index in [2.05, 4.69) is 4.84 Å². The van der Waals surface area contributed by atoms with Crippen LogP contribution in [0.1, 0.15) is 0 Å². The summed E-state index contributed by atoms with van der Waals surface area (Å²) in [5, 5.41) is 17.7. The minimum absolute atomic E-state index is 0.406. The molecule has 0 amide bonds. The average Bonchev–Trinajstić information content (AvgIpc) is 2.18. The summed E-state index contributed by atoms with van der Waals surface area (Å²) in [5.74, 6) is -0.812. The van der Waals surface area contributed by atoms with Crippen molar-refractivity contribution < 1.29 is 19.8 Å². The molecule has 0 aliphatic heterocycles. The first kappa shape index (κ1) is 7.74. The van der Waals surface area contributed by atoms with Crippen LogP contribution in [-0.4, -0.2) is 20.4 Å². The van der Waals surface area contributed by atoms with Crippen molar-refractivity contribution in [2.45, 2.75) is 0 Å². The van der Waals surface area contributed by atoms with Crippen LogP contribution in [0.5, 0.6) is 11.8 Å². The third-order valence-corrected chi connectivity index (χ3v) is 1.03. The number of carbonyl (C=O) groups excluding carboxylic acids is 1. The fraction of sp³-hybridized carbons (Fsp3) is 0. The van der Waals surface area contributed by atoms with Gasteiger partial charge in [0.05, 0.1) is 0 Å². The standard InChI is InChI=1S/C5H4ClNO4/c6-5(10)11-7-3(8)1-2-4(7)9/h1-2,8-9H. The molecule has 0 saturated heterocycles. The molecule has 6 heteroatoms. The van der Waals surface area contributed by atoms with Crippen molar-refractivity contribution in [3.05, 3.63) is 12.1 Å². The van der Waals surface area contributed by atoms with E-state index in [1.165, 1.54) is 0 Å². The monoisotopic (exact) mass is 177 g/mol. The van der Waals surface area contributed by atoms with Gasteiger partial charge in [-0.1, -0.05) is 0 Å². The summed E-state index contributed by atoms with van der Waals surface area (Å²) in [6.07, 6.45) is 0. The Morgan fingerprint density at radius 2 is 1.91 bits per heavy atom. The smallest absolute Gasteiger partial charge is 0.428 e. The number of carbonyl (C=O) groups is 1. The molecule has 1 aromatic heterocycles. The summed E-state index contributed by atoms with van der Waals surface area (Å²) in [4.78, 5) is 14.3. The number of aromatic nitrogens is 1. The van der Waals surface area contributed by atoms with Crippen molar-refractivity contribution in [1.29, 1.82) is 0 Å². The van der Waals surface area contributed by atoms with Gasteiger partial charge in [0.15, 0.2) is 0 Å². The highest BCUT2D eigenvalue weighted by Crippen LogP contribution is 2.18. The maximum absolute atomic E-state index is 10.1. The summed E-state index contributed by atoms with van der Waals surface area (Å²) in [7, 11) is 0. The zero-order valence-corrected chi connectivity index (χ0v) is 5.95. The summed E-state index contributed by atoms with van der Waals surface area (Å²) in [5.41, 5.74) is -1.15. The molecule has 1 heterocycles. The first-order chi connectivity index (χ1) is 5.11. The molecule has 5 nitrogen and oxygen atoms in total. The van der Waals surface area contributed by atoms with Crippen LogP contribution in [0.4, 0.5) is 4.79 Å². The molecule has 1 aromatic rings. The molecule has 60 valence electrons. The topological polar surface area (TPSA) is 71.7 Å². The predicted molar refractivity (Wildman–Crippen MR) is 35.6 cm³/mol. The van der Waals surface area contributed by atoms with Crippen molar-refractivity contribution in [3.8, 4) is 11.8 Å². The van der Waals surface area contributed by atoms with Gasteiger partial charge in [-0.05, 0) is 0 Å². The lowest BCUT2D eigenvalue weighted by Gasteiger charge is -2.01. The van der Waals surface area contributed by atoms with E-state index < -0.39 is 17.2 Å². The molecular formula is C5H4ClNO4. The third kappa shape index (κ3) is 1.56. The summed E-state index contributed by atoms with van der Waals surface area (Å²) >= 11 is 4.81. The summed E-state index contributed by atoms with van der Waals surface area (Å²) in [6, 6.07) is 2.30. The van der Waals surface area contributed by atoms with Crippen molar-refractivity contribution in [3.63, 3.8) is 0 Å². The number of rotatable bonds is 1. The molecule has 2 N–H and O–H groups in total. The highest BCUT2D eigenvalue weighted by atomic mass is 35.5. The molecular weight excluding hydrogens is 174 g/mol. The predicted octanol–water partition coefficient (Wildman–Crippen LogP) is 0.687. The lowest BCUT2D eigenvalue weighted by atomic mass is 10.6. The van der Waals surface area contributed by atoms with Gasteiger partial charge in [0.2, 0.25) is 11.8 Å². The molecule has 0 unspecified atom stereocenters. The van der Waals surface area contributed by atoms with Crippen molar-refractivity contribution in [2.24, 2.45) is 0 Å². The number of halogens is 1. The van der Waals surface area contributed by atoms with Gasteiger partial charge in [0, 0.05) is 23.7 Å². The average molecular weight is 178 g/mol. The molecule has 0 aromatic carbocycles. The van der Waals surface area contributed by atoms with Gasteiger partial charge in [0.1, 0.15) is 0 Å². The highest BCUT2D eigenvalue weighted by molar-refractivity contribution is 6.61. The van der Waals surface area contributed by atoms with Crippen molar-refractivity contribution in [2.75, 3.05) is 0 Å². The molecule has 11 heavy (non-hydrogen) atoms.